The highest BCUT2D eigenvalue weighted by Gasteiger charge is 2.24. The maximum atomic E-state index is 12.7. The van der Waals surface area contributed by atoms with Crippen LogP contribution in [0.3, 0.4) is 0 Å². The highest BCUT2D eigenvalue weighted by Crippen LogP contribution is 2.39. The number of ether oxygens (including phenoxy) is 1. The number of carbonyl (C=O) groups is 2. The fourth-order valence-electron chi connectivity index (χ4n) is 3.04. The van der Waals surface area contributed by atoms with Gasteiger partial charge < -0.3 is 10.1 Å². The van der Waals surface area contributed by atoms with E-state index in [1.54, 1.807) is 42.6 Å². The summed E-state index contributed by atoms with van der Waals surface area (Å²) in [6.07, 6.45) is 1.16. The molecular weight excluding hydrogens is 456 g/mol. The minimum absolute atomic E-state index is 0.100. The van der Waals surface area contributed by atoms with Crippen LogP contribution in [-0.4, -0.2) is 28.1 Å². The predicted molar refractivity (Wildman–Crippen MR) is 120 cm³/mol. The van der Waals surface area contributed by atoms with Crippen LogP contribution in [0.1, 0.15) is 22.8 Å². The minimum atomic E-state index is -0.867. The van der Waals surface area contributed by atoms with E-state index in [1.165, 1.54) is 7.11 Å². The standard InChI is InChI=1S/C21H17ClN4O5S/c1-3-25-9-12(8-23)19(28)26(21(25)30)10-16(27)24-18-17(20(29)31-2)14(11-32-18)13-6-4-5-7-15(13)22/h4-7,9,11H,3,10H2,1-2H3,(H,24,27). The summed E-state index contributed by atoms with van der Waals surface area (Å²) in [6.45, 7) is 1.25. The maximum Gasteiger partial charge on any atom is 0.341 e. The molecule has 3 rings (SSSR count). The molecule has 32 heavy (non-hydrogen) atoms. The first-order valence-electron chi connectivity index (χ1n) is 9.31. The van der Waals surface area contributed by atoms with Crippen molar-refractivity contribution in [1.29, 1.82) is 5.26 Å². The SMILES string of the molecule is CCn1cc(C#N)c(=O)n(CC(=O)Nc2scc(-c3ccccc3Cl)c2C(=O)OC)c1=O. The first kappa shape index (κ1) is 23.0. The molecule has 0 saturated carbocycles. The largest absolute Gasteiger partial charge is 0.465 e. The third kappa shape index (κ3) is 4.34. The fourth-order valence-corrected chi connectivity index (χ4v) is 4.24. The average Bonchev–Trinajstić information content (AvgIpc) is 3.19. The Hall–Kier alpha value is -3.68. The second kappa shape index (κ2) is 9.64. The van der Waals surface area contributed by atoms with Gasteiger partial charge in [-0.1, -0.05) is 29.8 Å². The highest BCUT2D eigenvalue weighted by atomic mass is 35.5. The normalized spacial score (nSPS) is 10.4. The van der Waals surface area contributed by atoms with Crippen molar-refractivity contribution in [3.05, 3.63) is 72.8 Å². The zero-order chi connectivity index (χ0) is 23.4. The number of benzene rings is 1. The molecule has 0 aliphatic heterocycles. The van der Waals surface area contributed by atoms with Gasteiger partial charge in [0.15, 0.2) is 0 Å². The molecule has 3 aromatic rings. The van der Waals surface area contributed by atoms with Crippen molar-refractivity contribution < 1.29 is 14.3 Å². The van der Waals surface area contributed by atoms with Crippen molar-refractivity contribution in [2.75, 3.05) is 12.4 Å². The number of nitrogens with zero attached hydrogens (tertiary/aromatic N) is 3. The highest BCUT2D eigenvalue weighted by molar-refractivity contribution is 7.15. The Labute approximate surface area is 191 Å². The van der Waals surface area contributed by atoms with E-state index in [9.17, 15) is 19.2 Å². The van der Waals surface area contributed by atoms with Gasteiger partial charge in [0.05, 0.1) is 7.11 Å². The van der Waals surface area contributed by atoms with Crippen molar-refractivity contribution in [3.8, 4) is 17.2 Å². The first-order valence-corrected chi connectivity index (χ1v) is 10.6. The minimum Gasteiger partial charge on any atom is -0.465 e. The fraction of sp³-hybridized carbons (Fsp3) is 0.190. The quantitative estimate of drug-likeness (QED) is 0.550. The summed E-state index contributed by atoms with van der Waals surface area (Å²) < 4.78 is 6.70. The van der Waals surface area contributed by atoms with Crippen molar-refractivity contribution in [1.82, 2.24) is 9.13 Å². The van der Waals surface area contributed by atoms with Gasteiger partial charge in [0.1, 0.15) is 28.7 Å². The van der Waals surface area contributed by atoms with E-state index < -0.39 is 29.7 Å². The lowest BCUT2D eigenvalue weighted by molar-refractivity contribution is -0.116. The lowest BCUT2D eigenvalue weighted by Crippen LogP contribution is -2.43. The number of hydrogen-bond acceptors (Lipinski definition) is 7. The lowest BCUT2D eigenvalue weighted by Gasteiger charge is -2.11. The number of amides is 1. The number of nitrogens with one attached hydrogen (secondary N) is 1. The number of nitriles is 1. The number of carbonyl (C=O) groups excluding carboxylic acids is 2. The molecule has 164 valence electrons. The number of rotatable bonds is 6. The summed E-state index contributed by atoms with van der Waals surface area (Å²) in [5.74, 6) is -1.41. The van der Waals surface area contributed by atoms with E-state index in [0.29, 0.717) is 20.7 Å². The van der Waals surface area contributed by atoms with Crippen LogP contribution < -0.4 is 16.6 Å². The number of hydrogen-bond donors (Lipinski definition) is 1. The van der Waals surface area contributed by atoms with Gasteiger partial charge in [-0.15, -0.1) is 11.3 Å². The molecule has 0 fully saturated rings. The second-order valence-corrected chi connectivity index (χ2v) is 7.77. The van der Waals surface area contributed by atoms with Crippen LogP contribution in [0.15, 0.2) is 45.4 Å². The van der Waals surface area contributed by atoms with Gasteiger partial charge >= 0.3 is 11.7 Å². The van der Waals surface area contributed by atoms with Gasteiger partial charge in [-0.05, 0) is 13.0 Å². The monoisotopic (exact) mass is 472 g/mol. The van der Waals surface area contributed by atoms with Crippen LogP contribution in [0.4, 0.5) is 5.00 Å². The molecule has 1 aromatic carbocycles. The van der Waals surface area contributed by atoms with Crippen LogP contribution in [0.2, 0.25) is 5.02 Å². The molecule has 0 unspecified atom stereocenters. The van der Waals surface area contributed by atoms with Crippen LogP contribution in [0, 0.1) is 11.3 Å². The molecular formula is C21H17ClN4O5S. The third-order valence-corrected chi connectivity index (χ3v) is 5.82. The van der Waals surface area contributed by atoms with E-state index in [0.717, 1.165) is 22.1 Å². The van der Waals surface area contributed by atoms with Gasteiger partial charge in [0, 0.05) is 34.3 Å². The van der Waals surface area contributed by atoms with Crippen molar-refractivity contribution >= 4 is 39.8 Å². The molecule has 11 heteroatoms. The Kier molecular flexibility index (Phi) is 6.92. The number of thiophene rings is 1. The molecule has 0 atom stereocenters. The summed E-state index contributed by atoms with van der Waals surface area (Å²) in [7, 11) is 1.21. The molecule has 0 aliphatic rings. The van der Waals surface area contributed by atoms with Gasteiger partial charge in [-0.2, -0.15) is 5.26 Å². The molecule has 2 heterocycles. The molecule has 0 bridgehead atoms. The molecule has 0 saturated heterocycles. The summed E-state index contributed by atoms with van der Waals surface area (Å²) in [4.78, 5) is 50.0. The van der Waals surface area contributed by atoms with Crippen LogP contribution in [0.25, 0.3) is 11.1 Å². The van der Waals surface area contributed by atoms with Crippen LogP contribution in [-0.2, 0) is 22.6 Å². The van der Waals surface area contributed by atoms with Gasteiger partial charge in [0.25, 0.3) is 5.56 Å². The lowest BCUT2D eigenvalue weighted by atomic mass is 10.0. The van der Waals surface area contributed by atoms with E-state index in [4.69, 9.17) is 21.6 Å². The maximum absolute atomic E-state index is 12.7. The number of esters is 1. The third-order valence-electron chi connectivity index (χ3n) is 4.60. The van der Waals surface area contributed by atoms with E-state index in [2.05, 4.69) is 5.32 Å². The summed E-state index contributed by atoms with van der Waals surface area (Å²) in [5, 5.41) is 13.9. The van der Waals surface area contributed by atoms with Gasteiger partial charge in [0.2, 0.25) is 5.91 Å². The second-order valence-electron chi connectivity index (χ2n) is 6.49. The van der Waals surface area contributed by atoms with E-state index in [1.807, 2.05) is 0 Å². The van der Waals surface area contributed by atoms with Gasteiger partial charge in [-0.3, -0.25) is 14.2 Å². The molecule has 2 aromatic heterocycles. The molecule has 1 N–H and O–H groups in total. The summed E-state index contributed by atoms with van der Waals surface area (Å²) in [6, 6.07) is 8.62. The van der Waals surface area contributed by atoms with Crippen molar-refractivity contribution in [3.63, 3.8) is 0 Å². The molecule has 0 radical (unpaired) electrons. The first-order chi connectivity index (χ1) is 15.3. The number of aryl methyl sites for hydroxylation is 1. The van der Waals surface area contributed by atoms with E-state index in [-0.39, 0.29) is 22.7 Å². The zero-order valence-corrected chi connectivity index (χ0v) is 18.6. The summed E-state index contributed by atoms with van der Waals surface area (Å²) in [5.41, 5.74) is -0.694. The van der Waals surface area contributed by atoms with Crippen molar-refractivity contribution in [2.24, 2.45) is 0 Å². The number of halogens is 1. The number of methoxy groups -OCH3 is 1. The predicted octanol–water partition coefficient (Wildman–Crippen LogP) is 2.71. The number of aromatic nitrogens is 2. The Balaban J connectivity index is 1.99. The number of anilines is 1. The molecule has 1 amide bonds. The smallest absolute Gasteiger partial charge is 0.341 e. The van der Waals surface area contributed by atoms with Crippen LogP contribution >= 0.6 is 22.9 Å². The Morgan fingerprint density at radius 3 is 2.59 bits per heavy atom. The van der Waals surface area contributed by atoms with Crippen molar-refractivity contribution in [2.45, 2.75) is 20.0 Å². The van der Waals surface area contributed by atoms with Crippen LogP contribution in [0.5, 0.6) is 0 Å². The average molecular weight is 473 g/mol. The van der Waals surface area contributed by atoms with Gasteiger partial charge in [-0.25, -0.2) is 14.2 Å². The Morgan fingerprint density at radius 1 is 1.25 bits per heavy atom. The summed E-state index contributed by atoms with van der Waals surface area (Å²) >= 11 is 7.33. The topological polar surface area (TPSA) is 123 Å². The molecule has 9 nitrogen and oxygen atoms in total. The Morgan fingerprint density at radius 2 is 1.97 bits per heavy atom. The Bertz CT molecular complexity index is 1370. The zero-order valence-electron chi connectivity index (χ0n) is 17.0. The van der Waals surface area contributed by atoms with E-state index >= 15 is 0 Å². The molecule has 0 aliphatic carbocycles. The molecule has 0 spiro atoms.